The predicted octanol–water partition coefficient (Wildman–Crippen LogP) is 6.92. The number of nitrogens with zero attached hydrogens (tertiary/aromatic N) is 3. The third-order valence-corrected chi connectivity index (χ3v) is 10.3. The summed E-state index contributed by atoms with van der Waals surface area (Å²) in [5, 5.41) is 2.85. The van der Waals surface area contributed by atoms with Crippen LogP contribution in [0.15, 0.2) is 109 Å². The van der Waals surface area contributed by atoms with Crippen LogP contribution < -0.4 is 5.32 Å². The Labute approximate surface area is 292 Å². The average Bonchev–Trinajstić information content (AvgIpc) is 3.74. The topological polar surface area (TPSA) is 99.0 Å². The molecule has 2 fully saturated rings. The number of benzene rings is 4. The Morgan fingerprint density at radius 1 is 0.760 bits per heavy atom. The van der Waals surface area contributed by atoms with Crippen LogP contribution in [-0.4, -0.2) is 70.4 Å². The van der Waals surface area contributed by atoms with E-state index in [1.165, 1.54) is 9.80 Å². The zero-order valence-electron chi connectivity index (χ0n) is 28.7. The Morgan fingerprint density at radius 3 is 1.84 bits per heavy atom. The first-order valence-corrected chi connectivity index (χ1v) is 17.3. The molecular formula is C41H42N4O5. The molecule has 7 rings (SSSR count). The maximum absolute atomic E-state index is 14.5. The van der Waals surface area contributed by atoms with Crippen molar-refractivity contribution >= 4 is 23.9 Å². The lowest BCUT2D eigenvalue weighted by Crippen LogP contribution is -2.47. The van der Waals surface area contributed by atoms with Crippen molar-refractivity contribution in [2.75, 3.05) is 13.7 Å². The summed E-state index contributed by atoms with van der Waals surface area (Å²) < 4.78 is 5.82. The molecule has 0 radical (unpaired) electrons. The summed E-state index contributed by atoms with van der Waals surface area (Å²) in [6.07, 6.45) is -0.349. The highest BCUT2D eigenvalue weighted by Gasteiger charge is 2.61. The predicted molar refractivity (Wildman–Crippen MR) is 190 cm³/mol. The number of rotatable bonds is 9. The van der Waals surface area contributed by atoms with Crippen molar-refractivity contribution in [3.05, 3.63) is 131 Å². The van der Waals surface area contributed by atoms with Gasteiger partial charge in [-0.2, -0.15) is 0 Å². The van der Waals surface area contributed by atoms with E-state index >= 15 is 0 Å². The Balaban J connectivity index is 1.12. The monoisotopic (exact) mass is 670 g/mol. The molecule has 4 aromatic carbocycles. The van der Waals surface area contributed by atoms with Crippen LogP contribution in [0.5, 0.6) is 0 Å². The first-order valence-electron chi connectivity index (χ1n) is 17.3. The molecule has 50 heavy (non-hydrogen) atoms. The number of carbonyl (C=O) groups excluding carboxylic acids is 4. The fraction of sp³-hybridized carbons (Fsp3) is 0.317. The number of imide groups is 1. The molecule has 0 aromatic heterocycles. The smallest absolute Gasteiger partial charge is 0.407 e. The minimum absolute atomic E-state index is 0.0548. The number of alkyl carbamates (subject to hydrolysis) is 1. The minimum Gasteiger partial charge on any atom is -0.449 e. The SMILES string of the molecule is CC(C)C[C@H](NC(=O)OCC1c2ccccc2-c2ccccc21)C(=O)N1[C@@H](C(=O)N2C(=O)N(C)[C@H](C)[C@@H]2c2ccccc2)[C@@H]1c1ccccc1. The summed E-state index contributed by atoms with van der Waals surface area (Å²) in [7, 11) is 1.69. The third-order valence-electron chi connectivity index (χ3n) is 10.3. The van der Waals surface area contributed by atoms with Crippen molar-refractivity contribution in [1.82, 2.24) is 20.0 Å². The Kier molecular flexibility index (Phi) is 8.90. The van der Waals surface area contributed by atoms with Crippen LogP contribution >= 0.6 is 0 Å². The number of carbonyl (C=O) groups is 4. The molecule has 4 aromatic rings. The van der Waals surface area contributed by atoms with Crippen LogP contribution in [0.2, 0.25) is 0 Å². The van der Waals surface area contributed by atoms with Crippen LogP contribution in [-0.2, 0) is 14.3 Å². The van der Waals surface area contributed by atoms with E-state index in [0.29, 0.717) is 6.42 Å². The maximum Gasteiger partial charge on any atom is 0.407 e. The first-order chi connectivity index (χ1) is 24.2. The lowest BCUT2D eigenvalue weighted by Gasteiger charge is -2.25. The second-order valence-electron chi connectivity index (χ2n) is 13.9. The molecule has 1 aliphatic carbocycles. The average molecular weight is 671 g/mol. The molecule has 3 aliphatic rings. The first kappa shape index (κ1) is 33.1. The molecule has 2 aliphatic heterocycles. The molecule has 2 heterocycles. The van der Waals surface area contributed by atoms with Crippen molar-refractivity contribution in [2.24, 2.45) is 5.92 Å². The molecule has 0 saturated carbocycles. The number of urea groups is 1. The van der Waals surface area contributed by atoms with Crippen LogP contribution in [0.25, 0.3) is 11.1 Å². The molecule has 256 valence electrons. The van der Waals surface area contributed by atoms with Gasteiger partial charge in [0.05, 0.1) is 18.1 Å². The van der Waals surface area contributed by atoms with Crippen LogP contribution in [0.4, 0.5) is 9.59 Å². The van der Waals surface area contributed by atoms with Gasteiger partial charge in [0.2, 0.25) is 5.91 Å². The van der Waals surface area contributed by atoms with Crippen molar-refractivity contribution < 1.29 is 23.9 Å². The summed E-state index contributed by atoms with van der Waals surface area (Å²) in [5.74, 6) is -0.894. The number of likely N-dealkylation sites (N-methyl/N-ethyl adjacent to an activating group) is 1. The van der Waals surface area contributed by atoms with Gasteiger partial charge in [0, 0.05) is 13.0 Å². The van der Waals surface area contributed by atoms with Gasteiger partial charge in [0.15, 0.2) is 0 Å². The molecule has 0 unspecified atom stereocenters. The lowest BCUT2D eigenvalue weighted by molar-refractivity contribution is -0.135. The van der Waals surface area contributed by atoms with Gasteiger partial charge < -0.3 is 19.9 Å². The second kappa shape index (κ2) is 13.5. The van der Waals surface area contributed by atoms with Crippen LogP contribution in [0.1, 0.15) is 67.4 Å². The van der Waals surface area contributed by atoms with E-state index in [1.807, 2.05) is 106 Å². The Bertz CT molecular complexity index is 1870. The van der Waals surface area contributed by atoms with Crippen LogP contribution in [0.3, 0.4) is 0 Å². The molecule has 5 atom stereocenters. The molecule has 0 spiro atoms. The van der Waals surface area contributed by atoms with E-state index in [4.69, 9.17) is 4.74 Å². The molecule has 2 saturated heterocycles. The van der Waals surface area contributed by atoms with Gasteiger partial charge in [0.1, 0.15) is 18.7 Å². The molecular weight excluding hydrogens is 628 g/mol. The summed E-state index contributed by atoms with van der Waals surface area (Å²) in [6, 6.07) is 31.5. The fourth-order valence-electron chi connectivity index (χ4n) is 7.75. The normalized spacial score (nSPS) is 21.5. The van der Waals surface area contributed by atoms with Gasteiger partial charge >= 0.3 is 12.1 Å². The number of hydrogen-bond acceptors (Lipinski definition) is 5. The Morgan fingerprint density at radius 2 is 1.28 bits per heavy atom. The minimum atomic E-state index is -0.935. The van der Waals surface area contributed by atoms with Gasteiger partial charge in [-0.25, -0.2) is 9.59 Å². The molecule has 9 heteroatoms. The van der Waals surface area contributed by atoms with E-state index in [1.54, 1.807) is 11.9 Å². The van der Waals surface area contributed by atoms with Gasteiger partial charge in [-0.15, -0.1) is 0 Å². The van der Waals surface area contributed by atoms with E-state index in [2.05, 4.69) is 29.6 Å². The zero-order valence-corrected chi connectivity index (χ0v) is 28.7. The highest BCUT2D eigenvalue weighted by atomic mass is 16.5. The molecule has 9 nitrogen and oxygen atoms in total. The Hall–Kier alpha value is -5.44. The molecule has 5 amide bonds. The van der Waals surface area contributed by atoms with Crippen molar-refractivity contribution in [3.8, 4) is 11.1 Å². The molecule has 0 bridgehead atoms. The number of nitrogens with one attached hydrogen (secondary N) is 1. The highest BCUT2D eigenvalue weighted by Crippen LogP contribution is 2.48. The van der Waals surface area contributed by atoms with Crippen LogP contribution in [0, 0.1) is 5.92 Å². The summed E-state index contributed by atoms with van der Waals surface area (Å²) >= 11 is 0. The van der Waals surface area contributed by atoms with Crippen molar-refractivity contribution in [3.63, 3.8) is 0 Å². The number of fused-ring (bicyclic) bond motifs is 3. The van der Waals surface area contributed by atoms with Gasteiger partial charge in [-0.3, -0.25) is 14.5 Å². The van der Waals surface area contributed by atoms with E-state index in [9.17, 15) is 19.2 Å². The van der Waals surface area contributed by atoms with E-state index in [0.717, 1.165) is 33.4 Å². The van der Waals surface area contributed by atoms with Gasteiger partial charge in [-0.05, 0) is 52.6 Å². The lowest BCUT2D eigenvalue weighted by atomic mass is 9.98. The van der Waals surface area contributed by atoms with E-state index < -0.39 is 42.2 Å². The number of ether oxygens (including phenoxy) is 1. The number of amides is 5. The zero-order chi connectivity index (χ0) is 35.1. The quantitative estimate of drug-likeness (QED) is 0.195. The summed E-state index contributed by atoms with van der Waals surface area (Å²) in [4.78, 5) is 60.3. The summed E-state index contributed by atoms with van der Waals surface area (Å²) in [5.41, 5.74) is 6.07. The fourth-order valence-corrected chi connectivity index (χ4v) is 7.75. The second-order valence-corrected chi connectivity index (χ2v) is 13.9. The van der Waals surface area contributed by atoms with Gasteiger partial charge in [0.25, 0.3) is 5.91 Å². The third kappa shape index (κ3) is 5.91. The maximum atomic E-state index is 14.5. The molecule has 1 N–H and O–H groups in total. The van der Waals surface area contributed by atoms with Crippen molar-refractivity contribution in [2.45, 2.75) is 63.3 Å². The van der Waals surface area contributed by atoms with Crippen molar-refractivity contribution in [1.29, 1.82) is 0 Å². The standard InChI is InChI=1S/C41H42N4O5/c1-25(2)23-34(42-40(48)50-24-33-31-21-13-11-19-29(31)30-20-12-14-22-32(30)33)38(46)44-36(28-17-9-6-10-18-28)37(44)39(47)45-35(26(3)43(4)41(45)49)27-15-7-5-8-16-27/h5-22,25-26,33-37H,23-24H2,1-4H3,(H,42,48)/t26-,34+,35-,36+,37-,44?/m1/s1. The highest BCUT2D eigenvalue weighted by molar-refractivity contribution is 6.04. The largest absolute Gasteiger partial charge is 0.449 e. The van der Waals surface area contributed by atoms with Gasteiger partial charge in [-0.1, -0.05) is 123 Å². The summed E-state index contributed by atoms with van der Waals surface area (Å²) in [6.45, 7) is 5.99. The van der Waals surface area contributed by atoms with E-state index in [-0.39, 0.29) is 30.4 Å². The number of hydrogen-bond donors (Lipinski definition) is 1.